The van der Waals surface area contributed by atoms with Gasteiger partial charge in [-0.3, -0.25) is 9.69 Å². The number of aryl methyl sites for hydroxylation is 1. The zero-order valence-corrected chi connectivity index (χ0v) is 12.5. The molecule has 21 heavy (non-hydrogen) atoms. The van der Waals surface area contributed by atoms with Gasteiger partial charge in [0.1, 0.15) is 0 Å². The van der Waals surface area contributed by atoms with Crippen molar-refractivity contribution in [2.45, 2.75) is 19.0 Å². The molecule has 2 aliphatic rings. The molecule has 2 fully saturated rings. The second kappa shape index (κ2) is 6.08. The number of hydrogen-bond acceptors (Lipinski definition) is 6. The Bertz CT molecular complexity index is 497. The van der Waals surface area contributed by atoms with E-state index in [0.717, 1.165) is 26.2 Å². The van der Waals surface area contributed by atoms with Crippen LogP contribution < -0.4 is 5.32 Å². The molecule has 3 rings (SSSR count). The van der Waals surface area contributed by atoms with E-state index in [-0.39, 0.29) is 18.0 Å². The summed E-state index contributed by atoms with van der Waals surface area (Å²) in [4.78, 5) is 17.0. The third-order valence-electron chi connectivity index (χ3n) is 4.31. The van der Waals surface area contributed by atoms with Crippen LogP contribution in [0, 0.1) is 6.92 Å². The van der Waals surface area contributed by atoms with Crippen LogP contribution in [0.25, 0.3) is 0 Å². The molecule has 1 aromatic heterocycles. The van der Waals surface area contributed by atoms with Crippen molar-refractivity contribution < 1.29 is 9.53 Å². The minimum absolute atomic E-state index is 0.0111. The topological polar surface area (TPSA) is 86.4 Å². The lowest BCUT2D eigenvalue weighted by Crippen LogP contribution is -2.56. The predicted octanol–water partition coefficient (Wildman–Crippen LogP) is -1.14. The molecule has 0 spiro atoms. The van der Waals surface area contributed by atoms with Crippen molar-refractivity contribution in [3.8, 4) is 0 Å². The Morgan fingerprint density at radius 3 is 2.71 bits per heavy atom. The third-order valence-corrected chi connectivity index (χ3v) is 4.31. The van der Waals surface area contributed by atoms with Gasteiger partial charge in [0.25, 0.3) is 5.91 Å². The van der Waals surface area contributed by atoms with Gasteiger partial charge in [0.05, 0.1) is 31.0 Å². The van der Waals surface area contributed by atoms with Crippen molar-refractivity contribution in [1.29, 1.82) is 0 Å². The summed E-state index contributed by atoms with van der Waals surface area (Å²) in [6.45, 7) is 7.13. The van der Waals surface area contributed by atoms with E-state index in [9.17, 15) is 4.79 Å². The first-order chi connectivity index (χ1) is 10.1. The number of aromatic amines is 1. The lowest BCUT2D eigenvalue weighted by molar-refractivity contribution is 0.0825. The first kappa shape index (κ1) is 14.4. The minimum atomic E-state index is -0.184. The second-order valence-corrected chi connectivity index (χ2v) is 5.78. The van der Waals surface area contributed by atoms with E-state index in [1.54, 1.807) is 6.92 Å². The maximum absolute atomic E-state index is 12.2. The zero-order valence-electron chi connectivity index (χ0n) is 12.5. The van der Waals surface area contributed by atoms with E-state index < -0.39 is 0 Å². The number of H-pyrrole nitrogens is 1. The molecule has 3 heterocycles. The summed E-state index contributed by atoms with van der Waals surface area (Å²) in [6, 6.07) is 0.256. The Morgan fingerprint density at radius 1 is 1.29 bits per heavy atom. The predicted molar refractivity (Wildman–Crippen MR) is 76.1 cm³/mol. The highest BCUT2D eigenvalue weighted by Gasteiger charge is 2.35. The fourth-order valence-corrected chi connectivity index (χ4v) is 2.93. The van der Waals surface area contributed by atoms with Gasteiger partial charge in [0.15, 0.2) is 5.69 Å². The Kier molecular flexibility index (Phi) is 4.18. The zero-order chi connectivity index (χ0) is 14.8. The van der Waals surface area contributed by atoms with Crippen LogP contribution in [-0.2, 0) is 4.74 Å². The maximum Gasteiger partial charge on any atom is 0.274 e. The van der Waals surface area contributed by atoms with Crippen molar-refractivity contribution in [2.75, 3.05) is 46.4 Å². The quantitative estimate of drug-likeness (QED) is 0.733. The second-order valence-electron chi connectivity index (χ2n) is 5.78. The third kappa shape index (κ3) is 3.07. The molecule has 2 N–H and O–H groups in total. The standard InChI is InChI=1S/C13H22N6O2/c1-9-12(16-17-15-9)13(20)14-10-7-21-8-11(10)19-5-3-18(2)4-6-19/h10-11H,3-8H2,1-2H3,(H,14,20)(H,15,16,17)/t10-,11-/m0/s1. The molecular formula is C13H22N6O2. The molecule has 2 atom stereocenters. The van der Waals surface area contributed by atoms with Gasteiger partial charge in [-0.1, -0.05) is 0 Å². The van der Waals surface area contributed by atoms with Crippen molar-refractivity contribution in [1.82, 2.24) is 30.5 Å². The summed E-state index contributed by atoms with van der Waals surface area (Å²) in [5, 5.41) is 13.3. The van der Waals surface area contributed by atoms with Crippen LogP contribution in [0.3, 0.4) is 0 Å². The highest BCUT2D eigenvalue weighted by atomic mass is 16.5. The average molecular weight is 294 g/mol. The van der Waals surface area contributed by atoms with Crippen molar-refractivity contribution in [2.24, 2.45) is 0 Å². The van der Waals surface area contributed by atoms with Gasteiger partial charge in [0.2, 0.25) is 0 Å². The fraction of sp³-hybridized carbons (Fsp3) is 0.769. The van der Waals surface area contributed by atoms with Crippen LogP contribution in [0.1, 0.15) is 16.2 Å². The van der Waals surface area contributed by atoms with E-state index in [2.05, 4.69) is 37.6 Å². The molecule has 8 nitrogen and oxygen atoms in total. The van der Waals surface area contributed by atoms with Crippen LogP contribution in [0.5, 0.6) is 0 Å². The molecule has 1 amide bonds. The smallest absolute Gasteiger partial charge is 0.274 e. The van der Waals surface area contributed by atoms with Crippen molar-refractivity contribution >= 4 is 5.91 Å². The molecule has 0 saturated carbocycles. The Labute approximate surface area is 123 Å². The Morgan fingerprint density at radius 2 is 2.05 bits per heavy atom. The number of carbonyl (C=O) groups excluding carboxylic acids is 1. The van der Waals surface area contributed by atoms with Gasteiger partial charge in [-0.15, -0.1) is 0 Å². The van der Waals surface area contributed by atoms with E-state index >= 15 is 0 Å². The monoisotopic (exact) mass is 294 g/mol. The van der Waals surface area contributed by atoms with Crippen molar-refractivity contribution in [3.05, 3.63) is 11.4 Å². The molecule has 116 valence electrons. The van der Waals surface area contributed by atoms with Crippen LogP contribution in [0.2, 0.25) is 0 Å². The fourth-order valence-electron chi connectivity index (χ4n) is 2.93. The molecule has 2 saturated heterocycles. The summed E-state index contributed by atoms with van der Waals surface area (Å²) < 4.78 is 5.58. The number of piperazine rings is 1. The number of aromatic nitrogens is 3. The Balaban J connectivity index is 1.62. The first-order valence-corrected chi connectivity index (χ1v) is 7.33. The summed E-state index contributed by atoms with van der Waals surface area (Å²) >= 11 is 0. The maximum atomic E-state index is 12.2. The SMILES string of the molecule is Cc1n[nH]nc1C(=O)N[C@H]1COC[C@@H]1N1CCN(C)CC1. The number of nitrogens with zero attached hydrogens (tertiary/aromatic N) is 4. The number of rotatable bonds is 3. The Hall–Kier alpha value is -1.51. The lowest BCUT2D eigenvalue weighted by atomic mass is 10.1. The summed E-state index contributed by atoms with van der Waals surface area (Å²) in [6.07, 6.45) is 0. The number of carbonyl (C=O) groups is 1. The normalized spacial score (nSPS) is 27.9. The number of likely N-dealkylation sites (N-methyl/N-ethyl adjacent to an activating group) is 1. The molecule has 1 aromatic rings. The number of hydrogen-bond donors (Lipinski definition) is 2. The summed E-state index contributed by atoms with van der Waals surface area (Å²) in [5.74, 6) is -0.184. The number of nitrogens with one attached hydrogen (secondary N) is 2. The van der Waals surface area contributed by atoms with E-state index in [1.807, 2.05) is 0 Å². The minimum Gasteiger partial charge on any atom is -0.378 e. The van der Waals surface area contributed by atoms with E-state index in [4.69, 9.17) is 4.74 Å². The van der Waals surface area contributed by atoms with Gasteiger partial charge in [-0.25, -0.2) is 0 Å². The van der Waals surface area contributed by atoms with Gasteiger partial charge in [-0.05, 0) is 14.0 Å². The highest BCUT2D eigenvalue weighted by Crippen LogP contribution is 2.16. The molecular weight excluding hydrogens is 272 g/mol. The molecule has 0 aromatic carbocycles. The molecule has 0 bridgehead atoms. The summed E-state index contributed by atoms with van der Waals surface area (Å²) in [7, 11) is 2.13. The van der Waals surface area contributed by atoms with Crippen LogP contribution in [-0.4, -0.2) is 89.6 Å². The van der Waals surface area contributed by atoms with Crippen LogP contribution >= 0.6 is 0 Å². The van der Waals surface area contributed by atoms with Gasteiger partial charge in [-0.2, -0.15) is 15.4 Å². The molecule has 0 aliphatic carbocycles. The molecule has 2 aliphatic heterocycles. The first-order valence-electron chi connectivity index (χ1n) is 7.33. The number of ether oxygens (including phenoxy) is 1. The van der Waals surface area contributed by atoms with Gasteiger partial charge in [0, 0.05) is 26.2 Å². The summed E-state index contributed by atoms with van der Waals surface area (Å²) in [5.41, 5.74) is 0.974. The molecule has 0 unspecified atom stereocenters. The van der Waals surface area contributed by atoms with Crippen LogP contribution in [0.15, 0.2) is 0 Å². The lowest BCUT2D eigenvalue weighted by Gasteiger charge is -2.37. The van der Waals surface area contributed by atoms with Gasteiger partial charge < -0.3 is 15.0 Å². The van der Waals surface area contributed by atoms with Gasteiger partial charge >= 0.3 is 0 Å². The highest BCUT2D eigenvalue weighted by molar-refractivity contribution is 5.93. The van der Waals surface area contributed by atoms with Crippen molar-refractivity contribution in [3.63, 3.8) is 0 Å². The molecule has 8 heteroatoms. The molecule has 0 radical (unpaired) electrons. The largest absolute Gasteiger partial charge is 0.378 e. The average Bonchev–Trinajstić information content (AvgIpc) is 3.09. The van der Waals surface area contributed by atoms with Crippen LogP contribution in [0.4, 0.5) is 0 Å². The van der Waals surface area contributed by atoms with E-state index in [0.29, 0.717) is 24.6 Å². The number of amides is 1. The van der Waals surface area contributed by atoms with E-state index in [1.165, 1.54) is 0 Å².